The molecule has 0 saturated carbocycles. The fourth-order valence-corrected chi connectivity index (χ4v) is 1.43. The van der Waals surface area contributed by atoms with Crippen LogP contribution in [0.5, 0.6) is 0 Å². The highest BCUT2D eigenvalue weighted by Gasteiger charge is 2.05. The zero-order valence-corrected chi connectivity index (χ0v) is 8.08. The third-order valence-corrected chi connectivity index (χ3v) is 2.15. The summed E-state index contributed by atoms with van der Waals surface area (Å²) in [5.41, 5.74) is 3.15. The van der Waals surface area contributed by atoms with E-state index in [9.17, 15) is 4.79 Å². The average Bonchev–Trinajstić information content (AvgIpc) is 2.18. The molecule has 0 atom stereocenters. The molecular weight excluding hydrogens is 162 g/mol. The van der Waals surface area contributed by atoms with Crippen molar-refractivity contribution in [3.05, 3.63) is 29.3 Å². The molecule has 2 heteroatoms. The maximum absolute atomic E-state index is 10.3. The number of hydrogen-bond donors (Lipinski definition) is 0. The Morgan fingerprint density at radius 1 is 1.23 bits per heavy atom. The number of carbonyl (C=O) groups excluding carboxylic acids is 1. The van der Waals surface area contributed by atoms with Crippen molar-refractivity contribution in [1.82, 2.24) is 5.32 Å². The van der Waals surface area contributed by atoms with E-state index in [0.29, 0.717) is 6.41 Å². The molecule has 13 heavy (non-hydrogen) atoms. The van der Waals surface area contributed by atoms with Crippen molar-refractivity contribution in [2.24, 2.45) is 0 Å². The topological polar surface area (TPSA) is 31.2 Å². The Labute approximate surface area is 79.0 Å². The summed E-state index contributed by atoms with van der Waals surface area (Å²) in [5.74, 6) is 0. The second kappa shape index (κ2) is 4.65. The predicted molar refractivity (Wildman–Crippen MR) is 53.1 cm³/mol. The van der Waals surface area contributed by atoms with E-state index in [4.69, 9.17) is 0 Å². The number of hydrogen-bond acceptors (Lipinski definition) is 1. The van der Waals surface area contributed by atoms with Gasteiger partial charge in [0.1, 0.15) is 0 Å². The zero-order valence-electron chi connectivity index (χ0n) is 8.08. The lowest BCUT2D eigenvalue weighted by atomic mass is 10.0. The first-order chi connectivity index (χ1) is 6.33. The fourth-order valence-electron chi connectivity index (χ4n) is 1.43. The lowest BCUT2D eigenvalue weighted by Crippen LogP contribution is -2.01. The molecule has 0 aliphatic heterocycles. The summed E-state index contributed by atoms with van der Waals surface area (Å²) in [4.78, 5) is 10.3. The van der Waals surface area contributed by atoms with Crippen LogP contribution >= 0.6 is 0 Å². The van der Waals surface area contributed by atoms with Crippen molar-refractivity contribution in [2.75, 3.05) is 0 Å². The molecule has 0 fully saturated rings. The monoisotopic (exact) mass is 176 g/mol. The molecule has 2 nitrogen and oxygen atoms in total. The van der Waals surface area contributed by atoms with E-state index in [2.05, 4.69) is 19.2 Å². The van der Waals surface area contributed by atoms with Crippen LogP contribution in [-0.4, -0.2) is 6.41 Å². The molecule has 1 amide bonds. The van der Waals surface area contributed by atoms with Gasteiger partial charge in [0, 0.05) is 0 Å². The highest BCUT2D eigenvalue weighted by Crippen LogP contribution is 2.21. The number of nitrogens with zero attached hydrogens (tertiary/aromatic N) is 1. The van der Waals surface area contributed by atoms with Crippen LogP contribution in [0.1, 0.15) is 25.0 Å². The van der Waals surface area contributed by atoms with E-state index < -0.39 is 0 Å². The van der Waals surface area contributed by atoms with Gasteiger partial charge in [0.2, 0.25) is 6.41 Å². The van der Waals surface area contributed by atoms with Gasteiger partial charge in [0.15, 0.2) is 0 Å². The molecule has 69 valence electrons. The van der Waals surface area contributed by atoms with Gasteiger partial charge in [-0.2, -0.15) is 0 Å². The summed E-state index contributed by atoms with van der Waals surface area (Å²) in [6, 6.07) is 6.05. The largest absolute Gasteiger partial charge is 0.276 e. The fraction of sp³-hybridized carbons (Fsp3) is 0.364. The Balaban J connectivity index is 3.12. The van der Waals surface area contributed by atoms with E-state index >= 15 is 0 Å². The van der Waals surface area contributed by atoms with Crippen molar-refractivity contribution in [3.8, 4) is 0 Å². The van der Waals surface area contributed by atoms with Crippen LogP contribution in [0.4, 0.5) is 5.69 Å². The summed E-state index contributed by atoms with van der Waals surface area (Å²) in [7, 11) is 0. The molecule has 1 aromatic rings. The van der Waals surface area contributed by atoms with E-state index in [1.807, 2.05) is 18.2 Å². The third-order valence-electron chi connectivity index (χ3n) is 2.15. The molecule has 0 saturated heterocycles. The number of aryl methyl sites for hydroxylation is 2. The number of benzene rings is 1. The van der Waals surface area contributed by atoms with Crippen molar-refractivity contribution in [3.63, 3.8) is 0 Å². The molecular formula is C11H14NO. The minimum absolute atomic E-state index is 0.619. The quantitative estimate of drug-likeness (QED) is 0.647. The molecule has 0 unspecified atom stereocenters. The average molecular weight is 176 g/mol. The highest BCUT2D eigenvalue weighted by atomic mass is 16.1. The molecule has 1 radical (unpaired) electrons. The van der Waals surface area contributed by atoms with Crippen molar-refractivity contribution in [2.45, 2.75) is 26.7 Å². The van der Waals surface area contributed by atoms with Gasteiger partial charge in [0.25, 0.3) is 0 Å². The van der Waals surface area contributed by atoms with E-state index in [1.54, 1.807) is 0 Å². The highest BCUT2D eigenvalue weighted by molar-refractivity contribution is 5.64. The van der Waals surface area contributed by atoms with Gasteiger partial charge in [-0.15, -0.1) is 0 Å². The molecule has 0 bridgehead atoms. The minimum atomic E-state index is 0.619. The Bertz CT molecular complexity index is 272. The molecule has 0 spiro atoms. The molecule has 0 heterocycles. The standard InChI is InChI=1S/C11H14NO/c1-3-9-6-5-7-10(4-2)11(9)12-8-13/h5-8H,3-4H2,1-2H3. The van der Waals surface area contributed by atoms with Crippen LogP contribution in [0, 0.1) is 0 Å². The van der Waals surface area contributed by atoms with E-state index in [-0.39, 0.29) is 0 Å². The normalized spacial score (nSPS) is 9.69. The van der Waals surface area contributed by atoms with Crippen molar-refractivity contribution in [1.29, 1.82) is 0 Å². The minimum Gasteiger partial charge on any atom is -0.276 e. The van der Waals surface area contributed by atoms with Gasteiger partial charge >= 0.3 is 0 Å². The smallest absolute Gasteiger partial charge is 0.233 e. The predicted octanol–water partition coefficient (Wildman–Crippen LogP) is 2.20. The Morgan fingerprint density at radius 3 is 2.15 bits per heavy atom. The van der Waals surface area contributed by atoms with Gasteiger partial charge in [-0.25, -0.2) is 5.32 Å². The van der Waals surface area contributed by atoms with Crippen LogP contribution in [0.15, 0.2) is 18.2 Å². The Morgan fingerprint density at radius 2 is 1.77 bits per heavy atom. The first-order valence-electron chi connectivity index (χ1n) is 4.58. The van der Waals surface area contributed by atoms with Crippen molar-refractivity contribution < 1.29 is 4.79 Å². The number of rotatable bonds is 4. The number of carbonyl (C=O) groups is 1. The van der Waals surface area contributed by atoms with Gasteiger partial charge in [-0.1, -0.05) is 32.0 Å². The maximum Gasteiger partial charge on any atom is 0.233 e. The Kier molecular flexibility index (Phi) is 3.50. The van der Waals surface area contributed by atoms with Crippen molar-refractivity contribution >= 4 is 12.1 Å². The molecule has 0 aromatic heterocycles. The van der Waals surface area contributed by atoms with E-state index in [1.165, 1.54) is 0 Å². The zero-order chi connectivity index (χ0) is 9.68. The first kappa shape index (κ1) is 9.78. The lowest BCUT2D eigenvalue weighted by Gasteiger charge is -2.08. The van der Waals surface area contributed by atoms with Gasteiger partial charge < -0.3 is 0 Å². The summed E-state index contributed by atoms with van der Waals surface area (Å²) < 4.78 is 0. The van der Waals surface area contributed by atoms with Crippen LogP contribution in [0.3, 0.4) is 0 Å². The third kappa shape index (κ3) is 2.08. The van der Waals surface area contributed by atoms with Crippen LogP contribution in [0.25, 0.3) is 0 Å². The van der Waals surface area contributed by atoms with Crippen LogP contribution in [0.2, 0.25) is 0 Å². The lowest BCUT2D eigenvalue weighted by molar-refractivity contribution is -0.108. The Hall–Kier alpha value is -1.31. The molecule has 0 aliphatic carbocycles. The number of amides is 1. The second-order valence-electron chi connectivity index (χ2n) is 2.87. The van der Waals surface area contributed by atoms with Gasteiger partial charge in [-0.3, -0.25) is 4.79 Å². The second-order valence-corrected chi connectivity index (χ2v) is 2.87. The van der Waals surface area contributed by atoms with Gasteiger partial charge in [-0.05, 0) is 24.0 Å². The summed E-state index contributed by atoms with van der Waals surface area (Å²) >= 11 is 0. The summed E-state index contributed by atoms with van der Waals surface area (Å²) in [6.45, 7) is 4.14. The van der Waals surface area contributed by atoms with E-state index in [0.717, 1.165) is 29.7 Å². The molecule has 1 rings (SSSR count). The summed E-state index contributed by atoms with van der Waals surface area (Å²) in [5, 5.41) is 3.87. The summed E-state index contributed by atoms with van der Waals surface area (Å²) in [6.07, 6.45) is 2.45. The maximum atomic E-state index is 10.3. The molecule has 0 N–H and O–H groups in total. The van der Waals surface area contributed by atoms with Crippen LogP contribution in [-0.2, 0) is 17.6 Å². The van der Waals surface area contributed by atoms with Gasteiger partial charge in [0.05, 0.1) is 5.69 Å². The molecule has 0 aliphatic rings. The molecule has 1 aromatic carbocycles. The first-order valence-corrected chi connectivity index (χ1v) is 4.58. The van der Waals surface area contributed by atoms with Crippen LogP contribution < -0.4 is 5.32 Å². The SMILES string of the molecule is CCc1cccc(CC)c1[N]C=O. The number of para-hydroxylation sites is 1.